The van der Waals surface area contributed by atoms with Crippen LogP contribution in [0, 0.1) is 12.7 Å². The van der Waals surface area contributed by atoms with Gasteiger partial charge in [-0.15, -0.1) is 0 Å². The van der Waals surface area contributed by atoms with Crippen molar-refractivity contribution in [2.75, 3.05) is 5.73 Å². The summed E-state index contributed by atoms with van der Waals surface area (Å²) in [7, 11) is 0. The second-order valence-corrected chi connectivity index (χ2v) is 5.28. The zero-order chi connectivity index (χ0) is 16.4. The molecule has 3 aromatic rings. The number of nitrogens with two attached hydrogens (primary N) is 1. The molecule has 0 amide bonds. The highest BCUT2D eigenvalue weighted by atomic mass is 19.1. The number of rotatable bonds is 3. The molecule has 0 aliphatic carbocycles. The van der Waals surface area contributed by atoms with Crippen molar-refractivity contribution in [3.05, 3.63) is 83.3 Å². The molecule has 0 unspecified atom stereocenters. The number of benzene rings is 2. The van der Waals surface area contributed by atoms with Crippen molar-refractivity contribution in [3.63, 3.8) is 0 Å². The van der Waals surface area contributed by atoms with Crippen LogP contribution < -0.4 is 5.73 Å². The number of ketones is 1. The summed E-state index contributed by atoms with van der Waals surface area (Å²) in [6.45, 7) is 1.96. The molecular formula is C19H15FN2O. The van der Waals surface area contributed by atoms with Crippen molar-refractivity contribution in [2.45, 2.75) is 6.92 Å². The van der Waals surface area contributed by atoms with Gasteiger partial charge in [0.15, 0.2) is 5.78 Å². The molecule has 0 fully saturated rings. The zero-order valence-electron chi connectivity index (χ0n) is 12.6. The number of nitrogen functional groups attached to an aromatic ring is 1. The quantitative estimate of drug-likeness (QED) is 0.744. The summed E-state index contributed by atoms with van der Waals surface area (Å²) in [6.07, 6.45) is 1.55. The number of carbonyl (C=O) groups excluding carboxylic acids is 1. The number of halogens is 1. The van der Waals surface area contributed by atoms with Crippen molar-refractivity contribution in [2.24, 2.45) is 0 Å². The molecule has 0 aliphatic rings. The third kappa shape index (κ3) is 2.83. The summed E-state index contributed by atoms with van der Waals surface area (Å²) < 4.78 is 13.3. The van der Waals surface area contributed by atoms with Crippen LogP contribution in [0.5, 0.6) is 0 Å². The standard InChI is InChI=1S/C19H15FN2O/c1-12-5-2-3-8-15(12)18-17(21)16(9-10-22-18)19(23)13-6-4-7-14(20)11-13/h2-11H,21H2,1H3. The van der Waals surface area contributed by atoms with Gasteiger partial charge in [-0.1, -0.05) is 36.4 Å². The first-order valence-electron chi connectivity index (χ1n) is 7.18. The van der Waals surface area contributed by atoms with Gasteiger partial charge >= 0.3 is 0 Å². The highest BCUT2D eigenvalue weighted by Crippen LogP contribution is 2.29. The number of anilines is 1. The van der Waals surface area contributed by atoms with E-state index in [0.717, 1.165) is 11.1 Å². The minimum atomic E-state index is -0.456. The van der Waals surface area contributed by atoms with Crippen LogP contribution >= 0.6 is 0 Å². The van der Waals surface area contributed by atoms with Gasteiger partial charge in [0.2, 0.25) is 0 Å². The molecule has 0 saturated carbocycles. The van der Waals surface area contributed by atoms with Gasteiger partial charge in [-0.25, -0.2) is 4.39 Å². The Balaban J connectivity index is 2.11. The molecule has 0 spiro atoms. The fraction of sp³-hybridized carbons (Fsp3) is 0.0526. The van der Waals surface area contributed by atoms with Crippen LogP contribution in [-0.4, -0.2) is 10.8 Å². The molecule has 0 aliphatic heterocycles. The highest BCUT2D eigenvalue weighted by molar-refractivity contribution is 6.13. The first-order chi connectivity index (χ1) is 11.1. The molecule has 2 aromatic carbocycles. The van der Waals surface area contributed by atoms with Gasteiger partial charge in [-0.05, 0) is 30.7 Å². The van der Waals surface area contributed by atoms with Crippen molar-refractivity contribution < 1.29 is 9.18 Å². The summed E-state index contributed by atoms with van der Waals surface area (Å²) in [6, 6.07) is 14.8. The summed E-state index contributed by atoms with van der Waals surface area (Å²) >= 11 is 0. The van der Waals surface area contributed by atoms with Crippen LogP contribution in [0.25, 0.3) is 11.3 Å². The first-order valence-corrected chi connectivity index (χ1v) is 7.18. The van der Waals surface area contributed by atoms with Crippen LogP contribution in [0.1, 0.15) is 21.5 Å². The third-order valence-corrected chi connectivity index (χ3v) is 3.72. The maximum atomic E-state index is 13.3. The maximum Gasteiger partial charge on any atom is 0.195 e. The molecule has 2 N–H and O–H groups in total. The van der Waals surface area contributed by atoms with Gasteiger partial charge in [0, 0.05) is 22.9 Å². The van der Waals surface area contributed by atoms with E-state index in [4.69, 9.17) is 5.73 Å². The Morgan fingerprint density at radius 2 is 1.87 bits per heavy atom. The van der Waals surface area contributed by atoms with E-state index in [9.17, 15) is 9.18 Å². The second-order valence-electron chi connectivity index (χ2n) is 5.28. The Morgan fingerprint density at radius 3 is 2.61 bits per heavy atom. The fourth-order valence-corrected chi connectivity index (χ4v) is 2.51. The Bertz CT molecular complexity index is 890. The molecule has 4 heteroatoms. The number of hydrogen-bond donors (Lipinski definition) is 1. The Labute approximate surface area is 133 Å². The van der Waals surface area contributed by atoms with E-state index in [1.54, 1.807) is 18.3 Å². The first kappa shape index (κ1) is 14.9. The molecule has 23 heavy (non-hydrogen) atoms. The minimum absolute atomic E-state index is 0.263. The van der Waals surface area contributed by atoms with E-state index < -0.39 is 5.82 Å². The van der Waals surface area contributed by atoms with Gasteiger partial charge in [-0.3, -0.25) is 9.78 Å². The lowest BCUT2D eigenvalue weighted by atomic mass is 9.98. The largest absolute Gasteiger partial charge is 0.396 e. The van der Waals surface area contributed by atoms with E-state index in [1.165, 1.54) is 18.2 Å². The van der Waals surface area contributed by atoms with E-state index in [-0.39, 0.29) is 11.3 Å². The lowest BCUT2D eigenvalue weighted by Crippen LogP contribution is -2.08. The third-order valence-electron chi connectivity index (χ3n) is 3.72. The molecule has 1 aromatic heterocycles. The average Bonchev–Trinajstić information content (AvgIpc) is 2.55. The summed E-state index contributed by atoms with van der Waals surface area (Å²) in [5, 5.41) is 0. The van der Waals surface area contributed by atoms with Crippen molar-refractivity contribution in [3.8, 4) is 11.3 Å². The number of pyridine rings is 1. The van der Waals surface area contributed by atoms with Gasteiger partial charge < -0.3 is 5.73 Å². The fourth-order valence-electron chi connectivity index (χ4n) is 2.51. The van der Waals surface area contributed by atoms with Gasteiger partial charge in [-0.2, -0.15) is 0 Å². The molecule has 1 heterocycles. The van der Waals surface area contributed by atoms with Crippen LogP contribution in [-0.2, 0) is 0 Å². The molecule has 0 radical (unpaired) electrons. The lowest BCUT2D eigenvalue weighted by Gasteiger charge is -2.11. The van der Waals surface area contributed by atoms with Crippen molar-refractivity contribution in [1.29, 1.82) is 0 Å². The molecule has 0 atom stereocenters. The van der Waals surface area contributed by atoms with Gasteiger partial charge in [0.05, 0.1) is 11.4 Å². The summed E-state index contributed by atoms with van der Waals surface area (Å²) in [5.41, 5.74) is 9.52. The predicted octanol–water partition coefficient (Wildman–Crippen LogP) is 4.01. The van der Waals surface area contributed by atoms with Crippen LogP contribution in [0.15, 0.2) is 60.8 Å². The van der Waals surface area contributed by atoms with E-state index in [1.807, 2.05) is 31.2 Å². The Morgan fingerprint density at radius 1 is 1.09 bits per heavy atom. The number of nitrogens with zero attached hydrogens (tertiary/aromatic N) is 1. The summed E-state index contributed by atoms with van der Waals surface area (Å²) in [5.74, 6) is -0.776. The molecule has 0 saturated heterocycles. The normalized spacial score (nSPS) is 10.5. The van der Waals surface area contributed by atoms with Crippen molar-refractivity contribution >= 4 is 11.5 Å². The molecule has 0 bridgehead atoms. The van der Waals surface area contributed by atoms with Gasteiger partial charge in [0.1, 0.15) is 5.82 Å². The summed E-state index contributed by atoms with van der Waals surface area (Å²) in [4.78, 5) is 16.9. The van der Waals surface area contributed by atoms with E-state index in [2.05, 4.69) is 4.98 Å². The number of aryl methyl sites for hydroxylation is 1. The van der Waals surface area contributed by atoms with Crippen LogP contribution in [0.2, 0.25) is 0 Å². The van der Waals surface area contributed by atoms with Crippen LogP contribution in [0.3, 0.4) is 0 Å². The maximum absolute atomic E-state index is 13.3. The van der Waals surface area contributed by atoms with Gasteiger partial charge in [0.25, 0.3) is 0 Å². The number of hydrogen-bond acceptors (Lipinski definition) is 3. The average molecular weight is 306 g/mol. The second kappa shape index (κ2) is 6.01. The number of carbonyl (C=O) groups is 1. The SMILES string of the molecule is Cc1ccccc1-c1nccc(C(=O)c2cccc(F)c2)c1N. The van der Waals surface area contributed by atoms with Crippen LogP contribution in [0.4, 0.5) is 10.1 Å². The number of aromatic nitrogens is 1. The van der Waals surface area contributed by atoms with E-state index >= 15 is 0 Å². The zero-order valence-corrected chi connectivity index (χ0v) is 12.6. The smallest absolute Gasteiger partial charge is 0.195 e. The van der Waals surface area contributed by atoms with Crippen molar-refractivity contribution in [1.82, 2.24) is 4.98 Å². The minimum Gasteiger partial charge on any atom is -0.396 e. The molecule has 3 rings (SSSR count). The highest BCUT2D eigenvalue weighted by Gasteiger charge is 2.17. The lowest BCUT2D eigenvalue weighted by molar-refractivity contribution is 0.103. The molecule has 114 valence electrons. The van der Waals surface area contributed by atoms with E-state index in [0.29, 0.717) is 16.9 Å². The topological polar surface area (TPSA) is 56.0 Å². The Hall–Kier alpha value is -3.01. The molecule has 3 nitrogen and oxygen atoms in total. The monoisotopic (exact) mass is 306 g/mol. The predicted molar refractivity (Wildman–Crippen MR) is 88.7 cm³/mol. The molecular weight excluding hydrogens is 291 g/mol. The Kier molecular flexibility index (Phi) is 3.89.